The van der Waals surface area contributed by atoms with Crippen LogP contribution in [-0.4, -0.2) is 9.97 Å². The molecule has 0 spiro atoms. The lowest BCUT2D eigenvalue weighted by atomic mass is 9.84. The average Bonchev–Trinajstić information content (AvgIpc) is 2.43. The van der Waals surface area contributed by atoms with Gasteiger partial charge in [-0.05, 0) is 5.92 Å². The molecule has 1 aliphatic carbocycles. The number of allylic oxidation sites excluding steroid dienone is 1. The van der Waals surface area contributed by atoms with Gasteiger partial charge in [0.2, 0.25) is 0 Å². The van der Waals surface area contributed by atoms with E-state index in [1.54, 1.807) is 6.33 Å². The van der Waals surface area contributed by atoms with Gasteiger partial charge in [-0.25, -0.2) is 9.97 Å². The lowest BCUT2D eigenvalue weighted by molar-refractivity contribution is 0.569. The first-order valence-corrected chi connectivity index (χ1v) is 6.36. The van der Waals surface area contributed by atoms with Crippen molar-refractivity contribution >= 4 is 6.08 Å². The Morgan fingerprint density at radius 2 is 1.78 bits per heavy atom. The zero-order valence-electron chi connectivity index (χ0n) is 10.7. The predicted octanol–water partition coefficient (Wildman–Crippen LogP) is 3.91. The van der Waals surface area contributed by atoms with Crippen molar-refractivity contribution in [1.29, 1.82) is 0 Å². The molecule has 2 nitrogen and oxygen atoms in total. The van der Waals surface area contributed by atoms with Gasteiger partial charge in [0.25, 0.3) is 0 Å². The van der Waals surface area contributed by atoms with Crippen molar-refractivity contribution in [2.75, 3.05) is 0 Å². The van der Waals surface area contributed by atoms with Gasteiger partial charge in [0, 0.05) is 17.0 Å². The molecule has 0 bridgehead atoms. The highest BCUT2D eigenvalue weighted by molar-refractivity contribution is 5.74. The third-order valence-electron chi connectivity index (χ3n) is 3.75. The molecule has 1 aromatic heterocycles. The van der Waals surface area contributed by atoms with Crippen LogP contribution in [0.4, 0.5) is 0 Å². The van der Waals surface area contributed by atoms with Gasteiger partial charge in [0.1, 0.15) is 6.33 Å². The highest BCUT2D eigenvalue weighted by atomic mass is 14.9. The molecule has 0 fully saturated rings. The minimum atomic E-state index is 0.454. The first-order valence-electron chi connectivity index (χ1n) is 6.36. The van der Waals surface area contributed by atoms with Crippen molar-refractivity contribution in [1.82, 2.24) is 9.97 Å². The summed E-state index contributed by atoms with van der Waals surface area (Å²) in [6.07, 6.45) is 6.11. The fourth-order valence-electron chi connectivity index (χ4n) is 2.43. The lowest BCUT2D eigenvalue weighted by Gasteiger charge is -2.23. The fraction of sp³-hybridized carbons (Fsp3) is 0.250. The Morgan fingerprint density at radius 3 is 2.56 bits per heavy atom. The van der Waals surface area contributed by atoms with Gasteiger partial charge >= 0.3 is 0 Å². The molecule has 0 saturated heterocycles. The summed E-state index contributed by atoms with van der Waals surface area (Å²) in [7, 11) is 0. The van der Waals surface area contributed by atoms with Crippen molar-refractivity contribution in [2.45, 2.75) is 19.8 Å². The van der Waals surface area contributed by atoms with Crippen LogP contribution in [0, 0.1) is 5.92 Å². The minimum Gasteiger partial charge on any atom is -0.240 e. The normalized spacial score (nSPS) is 21.7. The van der Waals surface area contributed by atoms with E-state index in [1.165, 1.54) is 11.3 Å². The van der Waals surface area contributed by atoms with Crippen molar-refractivity contribution in [3.63, 3.8) is 0 Å². The molecule has 3 rings (SSSR count). The molecule has 2 heteroatoms. The molecular formula is C16H16N2. The zero-order valence-corrected chi connectivity index (χ0v) is 10.7. The Balaban J connectivity index is 2.19. The minimum absolute atomic E-state index is 0.454. The van der Waals surface area contributed by atoms with E-state index in [-0.39, 0.29) is 0 Å². The average molecular weight is 236 g/mol. The van der Waals surface area contributed by atoms with Gasteiger partial charge in [-0.15, -0.1) is 0 Å². The Hall–Kier alpha value is -1.96. The number of benzene rings is 1. The third kappa shape index (κ3) is 1.74. The summed E-state index contributed by atoms with van der Waals surface area (Å²) in [6.45, 7) is 4.46. The molecule has 90 valence electrons. The number of rotatable bonds is 1. The Bertz CT molecular complexity index is 587. The molecule has 0 amide bonds. The first-order chi connectivity index (χ1) is 8.77. The molecule has 2 aromatic rings. The molecule has 0 radical (unpaired) electrons. The van der Waals surface area contributed by atoms with E-state index in [0.29, 0.717) is 11.8 Å². The van der Waals surface area contributed by atoms with Crippen LogP contribution in [0.15, 0.2) is 42.7 Å². The van der Waals surface area contributed by atoms with Crippen LogP contribution in [0.1, 0.15) is 31.0 Å². The number of aromatic nitrogens is 2. The first kappa shape index (κ1) is 11.1. The van der Waals surface area contributed by atoms with Gasteiger partial charge in [0.15, 0.2) is 0 Å². The van der Waals surface area contributed by atoms with Crippen LogP contribution in [-0.2, 0) is 0 Å². The van der Waals surface area contributed by atoms with Crippen molar-refractivity contribution in [2.24, 2.45) is 5.92 Å². The van der Waals surface area contributed by atoms with Crippen LogP contribution in [0.5, 0.6) is 0 Å². The SMILES string of the molecule is CC1C=Cc2c(-c3ccccc3)ncnc2C1C. The van der Waals surface area contributed by atoms with E-state index >= 15 is 0 Å². The Kier molecular flexibility index (Phi) is 2.71. The summed E-state index contributed by atoms with van der Waals surface area (Å²) in [5.74, 6) is 0.992. The van der Waals surface area contributed by atoms with Gasteiger partial charge in [-0.1, -0.05) is 56.3 Å². The highest BCUT2D eigenvalue weighted by Gasteiger charge is 2.22. The third-order valence-corrected chi connectivity index (χ3v) is 3.75. The maximum Gasteiger partial charge on any atom is 0.116 e. The zero-order chi connectivity index (χ0) is 12.5. The standard InChI is InChI=1S/C16H16N2/c1-11-8-9-14-15(12(11)2)17-10-18-16(14)13-6-4-3-5-7-13/h3-12H,1-2H3. The topological polar surface area (TPSA) is 25.8 Å². The quantitative estimate of drug-likeness (QED) is 0.750. The summed E-state index contributed by atoms with van der Waals surface area (Å²) >= 11 is 0. The Labute approximate surface area is 107 Å². The maximum atomic E-state index is 4.47. The predicted molar refractivity (Wildman–Crippen MR) is 74.1 cm³/mol. The molecule has 1 aliphatic rings. The second kappa shape index (κ2) is 4.37. The van der Waals surface area contributed by atoms with Crippen molar-refractivity contribution in [3.05, 3.63) is 54.0 Å². The fourth-order valence-corrected chi connectivity index (χ4v) is 2.43. The van der Waals surface area contributed by atoms with Crippen molar-refractivity contribution in [3.8, 4) is 11.3 Å². The summed E-state index contributed by atoms with van der Waals surface area (Å²) in [5.41, 5.74) is 4.53. The van der Waals surface area contributed by atoms with Gasteiger partial charge < -0.3 is 0 Å². The van der Waals surface area contributed by atoms with Crippen LogP contribution in [0.2, 0.25) is 0 Å². The van der Waals surface area contributed by atoms with Crippen LogP contribution >= 0.6 is 0 Å². The maximum absolute atomic E-state index is 4.47. The number of hydrogen-bond acceptors (Lipinski definition) is 2. The van der Waals surface area contributed by atoms with Crippen molar-refractivity contribution < 1.29 is 0 Å². The van der Waals surface area contributed by atoms with E-state index in [1.807, 2.05) is 18.2 Å². The Morgan fingerprint density at radius 1 is 1.00 bits per heavy atom. The number of fused-ring (bicyclic) bond motifs is 1. The largest absolute Gasteiger partial charge is 0.240 e. The molecular weight excluding hydrogens is 220 g/mol. The highest BCUT2D eigenvalue weighted by Crippen LogP contribution is 2.35. The summed E-state index contributed by atoms with van der Waals surface area (Å²) in [6, 6.07) is 10.3. The summed E-state index contributed by atoms with van der Waals surface area (Å²) in [5, 5.41) is 0. The molecule has 1 aromatic carbocycles. The number of nitrogens with zero attached hydrogens (tertiary/aromatic N) is 2. The van der Waals surface area contributed by atoms with Crippen LogP contribution in [0.25, 0.3) is 17.3 Å². The van der Waals surface area contributed by atoms with E-state index in [0.717, 1.165) is 11.3 Å². The van der Waals surface area contributed by atoms with Crippen LogP contribution in [0.3, 0.4) is 0 Å². The van der Waals surface area contributed by atoms with E-state index in [9.17, 15) is 0 Å². The summed E-state index contributed by atoms with van der Waals surface area (Å²) < 4.78 is 0. The molecule has 0 saturated carbocycles. The van der Waals surface area contributed by atoms with E-state index in [2.05, 4.69) is 48.1 Å². The molecule has 1 heterocycles. The second-order valence-electron chi connectivity index (χ2n) is 4.89. The summed E-state index contributed by atoms with van der Waals surface area (Å²) in [4.78, 5) is 8.93. The molecule has 2 atom stereocenters. The monoisotopic (exact) mass is 236 g/mol. The molecule has 0 aliphatic heterocycles. The van der Waals surface area contributed by atoms with Gasteiger partial charge in [-0.2, -0.15) is 0 Å². The van der Waals surface area contributed by atoms with Gasteiger partial charge in [-0.3, -0.25) is 0 Å². The molecule has 0 N–H and O–H groups in total. The smallest absolute Gasteiger partial charge is 0.116 e. The molecule has 18 heavy (non-hydrogen) atoms. The molecule has 2 unspecified atom stereocenters. The lowest BCUT2D eigenvalue weighted by Crippen LogP contribution is -2.12. The second-order valence-corrected chi connectivity index (χ2v) is 4.89. The van der Waals surface area contributed by atoms with E-state index in [4.69, 9.17) is 0 Å². The number of hydrogen-bond donors (Lipinski definition) is 0. The van der Waals surface area contributed by atoms with Crippen LogP contribution < -0.4 is 0 Å². The van der Waals surface area contributed by atoms with E-state index < -0.39 is 0 Å². The van der Waals surface area contributed by atoms with Gasteiger partial charge in [0.05, 0.1) is 11.4 Å².